The predicted molar refractivity (Wildman–Crippen MR) is 84.9 cm³/mol. The van der Waals surface area contributed by atoms with Gasteiger partial charge in [-0.2, -0.15) is 0 Å². The second-order valence-electron chi connectivity index (χ2n) is 6.42. The Kier molecular flexibility index (Phi) is 3.95. The number of carbonyl (C=O) groups excluding carboxylic acids is 2. The van der Waals surface area contributed by atoms with Crippen molar-refractivity contribution in [1.29, 1.82) is 0 Å². The number of aliphatic hydroxyl groups is 1. The van der Waals surface area contributed by atoms with Crippen LogP contribution < -0.4 is 5.32 Å². The van der Waals surface area contributed by atoms with Gasteiger partial charge in [0.15, 0.2) is 0 Å². The molecule has 2 aliphatic rings. The number of ketones is 1. The Morgan fingerprint density at radius 2 is 1.92 bits per heavy atom. The van der Waals surface area contributed by atoms with Crippen molar-refractivity contribution in [3.8, 4) is 0 Å². The molecule has 1 aromatic rings. The highest BCUT2D eigenvalue weighted by Crippen LogP contribution is 2.46. The Labute approximate surface area is 139 Å². The van der Waals surface area contributed by atoms with Crippen LogP contribution in [0, 0.1) is 6.92 Å². The maximum Gasteiger partial charge on any atom is 0.322 e. The highest BCUT2D eigenvalue weighted by Gasteiger charge is 2.48. The normalized spacial score (nSPS) is 19.3. The van der Waals surface area contributed by atoms with E-state index < -0.39 is 29.7 Å². The summed E-state index contributed by atoms with van der Waals surface area (Å²) in [5, 5.41) is 21.8. The molecule has 7 heteroatoms. The number of carboxylic acid groups (broad SMARTS) is 1. The number of aromatic nitrogens is 1. The van der Waals surface area contributed by atoms with Crippen molar-refractivity contribution < 1.29 is 24.6 Å². The van der Waals surface area contributed by atoms with E-state index in [1.807, 2.05) is 11.5 Å². The summed E-state index contributed by atoms with van der Waals surface area (Å²) in [6.07, 6.45) is 4.10. The third-order valence-corrected chi connectivity index (χ3v) is 4.95. The molecule has 1 aliphatic carbocycles. The summed E-state index contributed by atoms with van der Waals surface area (Å²) in [5.74, 6) is -2.85. The van der Waals surface area contributed by atoms with E-state index in [9.17, 15) is 19.5 Å². The summed E-state index contributed by atoms with van der Waals surface area (Å²) in [7, 11) is 0. The molecule has 0 radical (unpaired) electrons. The lowest BCUT2D eigenvalue weighted by molar-refractivity contribution is -0.137. The van der Waals surface area contributed by atoms with E-state index in [0.29, 0.717) is 18.5 Å². The predicted octanol–water partition coefficient (Wildman–Crippen LogP) is 1.67. The van der Waals surface area contributed by atoms with Crippen LogP contribution in [-0.4, -0.2) is 39.0 Å². The van der Waals surface area contributed by atoms with E-state index in [4.69, 9.17) is 5.11 Å². The van der Waals surface area contributed by atoms with Crippen LogP contribution in [0.2, 0.25) is 0 Å². The first-order valence-electron chi connectivity index (χ1n) is 8.06. The highest BCUT2D eigenvalue weighted by atomic mass is 16.4. The average Bonchev–Trinajstić information content (AvgIpc) is 2.95. The minimum absolute atomic E-state index is 0.234. The quantitative estimate of drug-likeness (QED) is 0.730. The zero-order valence-corrected chi connectivity index (χ0v) is 13.5. The van der Waals surface area contributed by atoms with E-state index >= 15 is 0 Å². The summed E-state index contributed by atoms with van der Waals surface area (Å²) in [5.41, 5.74) is 0.110. The number of aliphatic carboxylic acids is 1. The van der Waals surface area contributed by atoms with E-state index in [1.165, 1.54) is 0 Å². The molecule has 1 aromatic heterocycles. The summed E-state index contributed by atoms with van der Waals surface area (Å²) < 4.78 is 1.85. The van der Waals surface area contributed by atoms with Gasteiger partial charge in [0.1, 0.15) is 23.4 Å². The number of fused-ring (bicyclic) bond motifs is 2. The van der Waals surface area contributed by atoms with Gasteiger partial charge in [0.2, 0.25) is 5.78 Å². The SMILES string of the molecule is Cc1ccc2n1C1(CCCCC1)C(O)=C(C(=O)NCC(=O)O)C2=O. The van der Waals surface area contributed by atoms with Crippen molar-refractivity contribution in [2.24, 2.45) is 0 Å². The summed E-state index contributed by atoms with van der Waals surface area (Å²) in [4.78, 5) is 35.7. The Bertz CT molecular complexity index is 753. The molecule has 128 valence electrons. The standard InChI is InChI=1S/C17H20N2O5/c1-10-5-6-11-14(22)13(16(24)18-9-12(20)21)15(23)17(19(10)11)7-3-2-4-8-17/h5-6,23H,2-4,7-9H2,1H3,(H,18,24)(H,20,21). The van der Waals surface area contributed by atoms with Gasteiger partial charge in [-0.25, -0.2) is 0 Å². The van der Waals surface area contributed by atoms with Crippen molar-refractivity contribution in [1.82, 2.24) is 9.88 Å². The van der Waals surface area contributed by atoms with Crippen LogP contribution in [0.25, 0.3) is 0 Å². The van der Waals surface area contributed by atoms with Crippen LogP contribution in [0.15, 0.2) is 23.5 Å². The lowest BCUT2D eigenvalue weighted by Crippen LogP contribution is -2.47. The van der Waals surface area contributed by atoms with E-state index in [1.54, 1.807) is 12.1 Å². The van der Waals surface area contributed by atoms with Gasteiger partial charge in [0.25, 0.3) is 5.91 Å². The lowest BCUT2D eigenvalue weighted by atomic mass is 9.75. The maximum absolute atomic E-state index is 12.7. The molecule has 1 amide bonds. The first-order chi connectivity index (χ1) is 11.4. The van der Waals surface area contributed by atoms with Gasteiger partial charge in [-0.15, -0.1) is 0 Å². The maximum atomic E-state index is 12.7. The van der Waals surface area contributed by atoms with E-state index in [2.05, 4.69) is 5.32 Å². The summed E-state index contributed by atoms with van der Waals surface area (Å²) in [6, 6.07) is 3.46. The zero-order valence-electron chi connectivity index (χ0n) is 13.5. The molecule has 0 atom stereocenters. The first-order valence-corrected chi connectivity index (χ1v) is 8.06. The second kappa shape index (κ2) is 5.81. The molecule has 0 saturated heterocycles. The largest absolute Gasteiger partial charge is 0.509 e. The second-order valence-corrected chi connectivity index (χ2v) is 6.42. The van der Waals surface area contributed by atoms with Crippen molar-refractivity contribution in [3.63, 3.8) is 0 Å². The van der Waals surface area contributed by atoms with E-state index in [-0.39, 0.29) is 11.3 Å². The minimum Gasteiger partial charge on any atom is -0.509 e. The molecule has 24 heavy (non-hydrogen) atoms. The van der Waals surface area contributed by atoms with Gasteiger partial charge < -0.3 is 20.1 Å². The summed E-state index contributed by atoms with van der Waals surface area (Å²) >= 11 is 0. The molecular formula is C17H20N2O5. The van der Waals surface area contributed by atoms with Crippen LogP contribution in [-0.2, 0) is 15.1 Å². The van der Waals surface area contributed by atoms with Gasteiger partial charge in [-0.3, -0.25) is 14.4 Å². The number of hydrogen-bond acceptors (Lipinski definition) is 4. The third-order valence-electron chi connectivity index (χ3n) is 4.95. The fourth-order valence-electron chi connectivity index (χ4n) is 3.91. The Morgan fingerprint density at radius 1 is 1.25 bits per heavy atom. The molecule has 0 bridgehead atoms. The average molecular weight is 332 g/mol. The molecule has 7 nitrogen and oxygen atoms in total. The first kappa shape index (κ1) is 16.3. The summed E-state index contributed by atoms with van der Waals surface area (Å²) in [6.45, 7) is 1.27. The minimum atomic E-state index is -1.21. The highest BCUT2D eigenvalue weighted by molar-refractivity contribution is 6.26. The molecule has 0 aromatic carbocycles. The lowest BCUT2D eigenvalue weighted by Gasteiger charge is -2.43. The molecule has 1 spiro atoms. The Morgan fingerprint density at radius 3 is 2.54 bits per heavy atom. The van der Waals surface area contributed by atoms with Crippen molar-refractivity contribution in [2.45, 2.75) is 44.6 Å². The fourth-order valence-corrected chi connectivity index (χ4v) is 3.91. The molecule has 3 rings (SSSR count). The molecule has 3 N–H and O–H groups in total. The van der Waals surface area contributed by atoms with Crippen LogP contribution in [0.5, 0.6) is 0 Å². The molecular weight excluding hydrogens is 312 g/mol. The van der Waals surface area contributed by atoms with Gasteiger partial charge in [0, 0.05) is 5.69 Å². The topological polar surface area (TPSA) is 109 Å². The van der Waals surface area contributed by atoms with Crippen LogP contribution in [0.3, 0.4) is 0 Å². The number of nitrogens with zero attached hydrogens (tertiary/aromatic N) is 1. The number of carbonyl (C=O) groups is 3. The number of aliphatic hydroxyl groups excluding tert-OH is 1. The zero-order chi connectivity index (χ0) is 17.5. The molecule has 1 saturated carbocycles. The van der Waals surface area contributed by atoms with Crippen LogP contribution >= 0.6 is 0 Å². The van der Waals surface area contributed by atoms with Crippen LogP contribution in [0.1, 0.15) is 48.3 Å². The van der Waals surface area contributed by atoms with Gasteiger partial charge in [-0.05, 0) is 31.9 Å². The number of nitrogens with one attached hydrogen (secondary N) is 1. The number of amides is 1. The van der Waals surface area contributed by atoms with Gasteiger partial charge >= 0.3 is 5.97 Å². The monoisotopic (exact) mass is 332 g/mol. The van der Waals surface area contributed by atoms with Crippen molar-refractivity contribution in [3.05, 3.63) is 34.9 Å². The molecule has 1 fully saturated rings. The molecule has 0 unspecified atom stereocenters. The third kappa shape index (κ3) is 2.31. The molecule has 1 aliphatic heterocycles. The molecule has 2 heterocycles. The fraction of sp³-hybridized carbons (Fsp3) is 0.471. The number of rotatable bonds is 3. The van der Waals surface area contributed by atoms with Gasteiger partial charge in [-0.1, -0.05) is 19.3 Å². The smallest absolute Gasteiger partial charge is 0.322 e. The van der Waals surface area contributed by atoms with E-state index in [0.717, 1.165) is 25.0 Å². The number of aryl methyl sites for hydroxylation is 1. The van der Waals surface area contributed by atoms with Gasteiger partial charge in [0.05, 0.1) is 5.69 Å². The van der Waals surface area contributed by atoms with Crippen molar-refractivity contribution in [2.75, 3.05) is 6.54 Å². The van der Waals surface area contributed by atoms with Crippen molar-refractivity contribution >= 4 is 17.7 Å². The van der Waals surface area contributed by atoms with Crippen LogP contribution in [0.4, 0.5) is 0 Å². The Hall–Kier alpha value is -2.57. The number of Topliss-reactive ketones (excluding diaryl/α,β-unsaturated/α-hetero) is 1. The Balaban J connectivity index is 2.11. The number of carboxylic acids is 1. The number of hydrogen-bond donors (Lipinski definition) is 3. The number of allylic oxidation sites excluding steroid dienone is 1.